The molecule has 3 heterocycles. The molecule has 0 radical (unpaired) electrons. The number of hydrogen-bond donors (Lipinski definition) is 0. The van der Waals surface area contributed by atoms with Crippen LogP contribution in [0.15, 0.2) is 42.9 Å². The molecule has 1 aliphatic rings. The minimum atomic E-state index is -0.285. The molecule has 0 spiro atoms. The van der Waals surface area contributed by atoms with Gasteiger partial charge < -0.3 is 14.4 Å². The summed E-state index contributed by atoms with van der Waals surface area (Å²) in [4.78, 5) is 20.8. The van der Waals surface area contributed by atoms with E-state index in [4.69, 9.17) is 9.47 Å². The van der Waals surface area contributed by atoms with Crippen molar-refractivity contribution in [3.63, 3.8) is 0 Å². The summed E-state index contributed by atoms with van der Waals surface area (Å²) in [5.41, 5.74) is 1.39. The molecular formula is C21H21N7O3. The third-order valence-corrected chi connectivity index (χ3v) is 5.27. The molecule has 1 fully saturated rings. The molecule has 1 amide bonds. The van der Waals surface area contributed by atoms with E-state index in [1.807, 2.05) is 13.0 Å². The number of amides is 1. The summed E-state index contributed by atoms with van der Waals surface area (Å²) < 4.78 is 11.4. The highest BCUT2D eigenvalue weighted by atomic mass is 16.5. The van der Waals surface area contributed by atoms with Gasteiger partial charge in [0.15, 0.2) is 12.1 Å². The molecule has 2 aromatic heterocycles. The molecule has 0 unspecified atom stereocenters. The zero-order chi connectivity index (χ0) is 21.8. The lowest BCUT2D eigenvalue weighted by molar-refractivity contribution is 0.0365. The second-order valence-electron chi connectivity index (χ2n) is 7.17. The van der Waals surface area contributed by atoms with Gasteiger partial charge in [-0.15, -0.1) is 15.0 Å². The Morgan fingerprint density at radius 2 is 2.10 bits per heavy atom. The van der Waals surface area contributed by atoms with Crippen LogP contribution in [0.25, 0.3) is 5.69 Å². The van der Waals surface area contributed by atoms with Crippen LogP contribution in [0.2, 0.25) is 0 Å². The van der Waals surface area contributed by atoms with E-state index in [1.165, 1.54) is 24.4 Å². The number of nitrogens with zero attached hydrogens (tertiary/aromatic N) is 7. The molecule has 1 aromatic carbocycles. The van der Waals surface area contributed by atoms with Gasteiger partial charge in [0, 0.05) is 12.2 Å². The van der Waals surface area contributed by atoms with E-state index in [0.717, 1.165) is 12.8 Å². The minimum absolute atomic E-state index is 0.0319. The van der Waals surface area contributed by atoms with Gasteiger partial charge in [0.25, 0.3) is 11.8 Å². The predicted octanol–water partition coefficient (Wildman–Crippen LogP) is 2.01. The Hall–Kier alpha value is -4.00. The molecule has 0 bridgehead atoms. The van der Waals surface area contributed by atoms with E-state index in [1.54, 1.807) is 29.2 Å². The van der Waals surface area contributed by atoms with Crippen molar-refractivity contribution in [3.8, 4) is 23.4 Å². The van der Waals surface area contributed by atoms with Crippen molar-refractivity contribution in [2.24, 2.45) is 0 Å². The first-order valence-electron chi connectivity index (χ1n) is 9.85. The van der Waals surface area contributed by atoms with Crippen molar-refractivity contribution in [3.05, 3.63) is 54.0 Å². The number of benzene rings is 1. The lowest BCUT2D eigenvalue weighted by Crippen LogP contribution is -2.49. The number of rotatable bonds is 5. The number of carbonyl (C=O) groups excluding carboxylic acids is 1. The van der Waals surface area contributed by atoms with Gasteiger partial charge in [-0.25, -0.2) is 4.98 Å². The van der Waals surface area contributed by atoms with E-state index < -0.39 is 0 Å². The van der Waals surface area contributed by atoms with Crippen LogP contribution in [0.4, 0.5) is 0 Å². The van der Waals surface area contributed by atoms with E-state index >= 15 is 0 Å². The Kier molecular flexibility index (Phi) is 5.75. The van der Waals surface area contributed by atoms with Gasteiger partial charge in [-0.05, 0) is 43.2 Å². The molecule has 4 rings (SSSR count). The molecule has 10 nitrogen and oxygen atoms in total. The van der Waals surface area contributed by atoms with E-state index in [0.29, 0.717) is 29.1 Å². The number of para-hydroxylation sites is 1. The lowest BCUT2D eigenvalue weighted by Gasteiger charge is -2.38. The fraction of sp³-hybridized carbons (Fsp3) is 0.333. The number of aromatic nitrogens is 5. The van der Waals surface area contributed by atoms with E-state index in [2.05, 4.69) is 26.5 Å². The largest absolute Gasteiger partial charge is 0.490 e. The summed E-state index contributed by atoms with van der Waals surface area (Å²) in [6, 6.07) is 10.8. The van der Waals surface area contributed by atoms with Gasteiger partial charge >= 0.3 is 0 Å². The van der Waals surface area contributed by atoms with Crippen LogP contribution in [0, 0.1) is 11.3 Å². The van der Waals surface area contributed by atoms with Gasteiger partial charge in [-0.3, -0.25) is 4.79 Å². The minimum Gasteiger partial charge on any atom is -0.490 e. The molecule has 0 N–H and O–H groups in total. The second kappa shape index (κ2) is 8.79. The maximum absolute atomic E-state index is 13.4. The maximum Gasteiger partial charge on any atom is 0.258 e. The van der Waals surface area contributed by atoms with Crippen LogP contribution in [-0.4, -0.2) is 61.8 Å². The number of ether oxygens (including phenoxy) is 2. The molecule has 10 heteroatoms. The molecule has 1 saturated heterocycles. The summed E-state index contributed by atoms with van der Waals surface area (Å²) in [6.45, 7) is 2.39. The average Bonchev–Trinajstić information content (AvgIpc) is 3.34. The Bertz CT molecular complexity index is 1110. The average molecular weight is 419 g/mol. The van der Waals surface area contributed by atoms with Crippen LogP contribution >= 0.6 is 0 Å². The molecule has 31 heavy (non-hydrogen) atoms. The van der Waals surface area contributed by atoms with Crippen LogP contribution < -0.4 is 9.47 Å². The number of tetrazole rings is 1. The number of nitriles is 1. The van der Waals surface area contributed by atoms with E-state index in [9.17, 15) is 10.1 Å². The van der Waals surface area contributed by atoms with Crippen LogP contribution in [0.5, 0.6) is 11.6 Å². The zero-order valence-corrected chi connectivity index (χ0v) is 17.2. The smallest absolute Gasteiger partial charge is 0.258 e. The van der Waals surface area contributed by atoms with Crippen LogP contribution in [0.3, 0.4) is 0 Å². The summed E-state index contributed by atoms with van der Waals surface area (Å²) in [5.74, 6) is 0.407. The number of piperidine rings is 1. The SMILES string of the molecule is COc1c(C#N)ccnc1O[C@@H]1CC[C@@H](C)N(C(=O)c2ccccc2-n2ncnn2)C1. The second-order valence-corrected chi connectivity index (χ2v) is 7.17. The van der Waals surface area contributed by atoms with Gasteiger partial charge in [0.05, 0.1) is 19.2 Å². The van der Waals surface area contributed by atoms with Gasteiger partial charge in [0.1, 0.15) is 23.4 Å². The van der Waals surface area contributed by atoms with Crippen molar-refractivity contribution in [1.29, 1.82) is 5.26 Å². The number of methoxy groups -OCH3 is 1. The molecule has 2 atom stereocenters. The molecule has 0 saturated carbocycles. The first-order chi connectivity index (χ1) is 15.1. The summed E-state index contributed by atoms with van der Waals surface area (Å²) >= 11 is 0. The van der Waals surface area contributed by atoms with Crippen molar-refractivity contribution in [2.75, 3.05) is 13.7 Å². The topological polar surface area (TPSA) is 119 Å². The first-order valence-corrected chi connectivity index (χ1v) is 9.85. The zero-order valence-electron chi connectivity index (χ0n) is 17.2. The Balaban J connectivity index is 1.57. The molecule has 1 aliphatic heterocycles. The van der Waals surface area contributed by atoms with Crippen LogP contribution in [-0.2, 0) is 0 Å². The molecular weight excluding hydrogens is 398 g/mol. The number of likely N-dealkylation sites (tertiary alicyclic amines) is 1. The van der Waals surface area contributed by atoms with Crippen molar-refractivity contribution in [2.45, 2.75) is 31.9 Å². The van der Waals surface area contributed by atoms with Crippen molar-refractivity contribution >= 4 is 5.91 Å². The highest BCUT2D eigenvalue weighted by Gasteiger charge is 2.32. The van der Waals surface area contributed by atoms with Gasteiger partial charge in [-0.1, -0.05) is 12.1 Å². The van der Waals surface area contributed by atoms with Crippen molar-refractivity contribution in [1.82, 2.24) is 30.1 Å². The third-order valence-electron chi connectivity index (χ3n) is 5.27. The summed E-state index contributed by atoms with van der Waals surface area (Å²) in [6.07, 6.45) is 4.06. The normalized spacial score (nSPS) is 18.3. The fourth-order valence-corrected chi connectivity index (χ4v) is 3.67. The maximum atomic E-state index is 13.4. The van der Waals surface area contributed by atoms with Gasteiger partial charge in [-0.2, -0.15) is 5.26 Å². The number of pyridine rings is 1. The molecule has 3 aromatic rings. The monoisotopic (exact) mass is 419 g/mol. The quantitative estimate of drug-likeness (QED) is 0.616. The predicted molar refractivity (Wildman–Crippen MR) is 109 cm³/mol. The van der Waals surface area contributed by atoms with E-state index in [-0.39, 0.29) is 23.9 Å². The first kappa shape index (κ1) is 20.3. The Morgan fingerprint density at radius 1 is 1.26 bits per heavy atom. The highest BCUT2D eigenvalue weighted by molar-refractivity contribution is 5.98. The van der Waals surface area contributed by atoms with Crippen molar-refractivity contribution < 1.29 is 14.3 Å². The highest BCUT2D eigenvalue weighted by Crippen LogP contribution is 2.31. The number of carbonyl (C=O) groups is 1. The van der Waals surface area contributed by atoms with Gasteiger partial charge in [0.2, 0.25) is 0 Å². The Morgan fingerprint density at radius 3 is 2.84 bits per heavy atom. The lowest BCUT2D eigenvalue weighted by atomic mass is 9.99. The summed E-state index contributed by atoms with van der Waals surface area (Å²) in [5, 5.41) is 21.0. The fourth-order valence-electron chi connectivity index (χ4n) is 3.67. The third kappa shape index (κ3) is 4.02. The standard InChI is InChI=1S/C21H21N7O3/c1-14-7-8-16(31-20-19(30-2)15(11-22)9-10-23-20)12-27(14)21(29)17-5-3-4-6-18(17)28-25-13-24-26-28/h3-6,9-10,13-14,16H,7-8,12H2,1-2H3/t14-,16-/m1/s1. The van der Waals surface area contributed by atoms with Crippen LogP contribution in [0.1, 0.15) is 35.7 Å². The summed E-state index contributed by atoms with van der Waals surface area (Å²) in [7, 11) is 1.47. The molecule has 0 aliphatic carbocycles. The molecule has 158 valence electrons. The Labute approximate surface area is 179 Å². The number of hydrogen-bond acceptors (Lipinski definition) is 8.